The molecule has 0 aliphatic carbocycles. The highest BCUT2D eigenvalue weighted by Gasteiger charge is 2.53. The van der Waals surface area contributed by atoms with Gasteiger partial charge in [0, 0.05) is 19.6 Å². The van der Waals surface area contributed by atoms with Gasteiger partial charge in [0.05, 0.1) is 59.9 Å². The van der Waals surface area contributed by atoms with Crippen molar-refractivity contribution in [3.05, 3.63) is 94.0 Å². The summed E-state index contributed by atoms with van der Waals surface area (Å²) in [6.45, 7) is 3.56. The summed E-state index contributed by atoms with van der Waals surface area (Å²) in [7, 11) is 3.07. The van der Waals surface area contributed by atoms with Gasteiger partial charge in [-0.25, -0.2) is 24.1 Å². The van der Waals surface area contributed by atoms with Crippen LogP contribution < -0.4 is 24.0 Å². The lowest BCUT2D eigenvalue weighted by Crippen LogP contribution is -2.64. The Balaban J connectivity index is 1.31. The van der Waals surface area contributed by atoms with E-state index in [1.165, 1.54) is 38.4 Å². The molecule has 2 bridgehead atoms. The van der Waals surface area contributed by atoms with Gasteiger partial charge >= 0.3 is 12.3 Å². The van der Waals surface area contributed by atoms with Crippen molar-refractivity contribution in [1.29, 1.82) is 0 Å². The smallest absolute Gasteiger partial charge is 0.417 e. The number of fused-ring (bicyclic) bond motifs is 5. The minimum Gasteiger partial charge on any atom is -0.497 e. The second kappa shape index (κ2) is 14.2. The third-order valence-electron chi connectivity index (χ3n) is 11.0. The molecule has 0 spiro atoms. The zero-order valence-corrected chi connectivity index (χ0v) is 31.5. The molecule has 11 nitrogen and oxygen atoms in total. The summed E-state index contributed by atoms with van der Waals surface area (Å²) >= 11 is 7.01. The summed E-state index contributed by atoms with van der Waals surface area (Å²) in [5.41, 5.74) is -1.42. The van der Waals surface area contributed by atoms with Gasteiger partial charge in [-0.05, 0) is 73.7 Å². The van der Waals surface area contributed by atoms with Crippen molar-refractivity contribution < 1.29 is 41.7 Å². The number of anilines is 2. The summed E-state index contributed by atoms with van der Waals surface area (Å²) < 4.78 is 80.1. The third-order valence-corrected chi connectivity index (χ3v) is 11.4. The first-order valence-corrected chi connectivity index (χ1v) is 18.4. The van der Waals surface area contributed by atoms with Crippen LogP contribution in [-0.2, 0) is 19.3 Å². The zero-order chi connectivity index (χ0) is 39.6. The lowest BCUT2D eigenvalue weighted by molar-refractivity contribution is -0.137. The molecular formula is C40H37ClF4N6O5. The number of pyridine rings is 1. The quantitative estimate of drug-likeness (QED) is 0.154. The Kier molecular flexibility index (Phi) is 9.46. The topological polar surface area (TPSA) is 113 Å². The number of benzene rings is 3. The fourth-order valence-electron chi connectivity index (χ4n) is 8.57. The van der Waals surface area contributed by atoms with Crippen LogP contribution in [0.1, 0.15) is 42.0 Å². The number of methoxy groups -OCH3 is 2. The fraction of sp³-hybridized carbons (Fsp3) is 0.350. The van der Waals surface area contributed by atoms with E-state index in [2.05, 4.69) is 15.0 Å². The Morgan fingerprint density at radius 2 is 1.64 bits per heavy atom. The van der Waals surface area contributed by atoms with E-state index in [0.717, 1.165) is 11.1 Å². The molecule has 3 aliphatic rings. The first-order chi connectivity index (χ1) is 26.8. The van der Waals surface area contributed by atoms with Gasteiger partial charge in [0.15, 0.2) is 5.82 Å². The number of halogens is 5. The summed E-state index contributed by atoms with van der Waals surface area (Å²) in [4.78, 5) is 30.9. The summed E-state index contributed by atoms with van der Waals surface area (Å²) in [5, 5.41) is 10.0. The van der Waals surface area contributed by atoms with Gasteiger partial charge in [-0.3, -0.25) is 4.90 Å². The molecule has 2 saturated heterocycles. The first kappa shape index (κ1) is 37.4. The Morgan fingerprint density at radius 1 is 1.02 bits per heavy atom. The van der Waals surface area contributed by atoms with Gasteiger partial charge in [-0.15, -0.1) is 0 Å². The monoisotopic (exact) mass is 792 g/mol. The van der Waals surface area contributed by atoms with E-state index < -0.39 is 53.1 Å². The van der Waals surface area contributed by atoms with Crippen LogP contribution in [0.25, 0.3) is 22.2 Å². The van der Waals surface area contributed by atoms with Crippen molar-refractivity contribution in [2.24, 2.45) is 0 Å². The molecule has 0 radical (unpaired) electrons. The summed E-state index contributed by atoms with van der Waals surface area (Å²) in [6, 6.07) is 14.2. The number of carbonyl (C=O) groups is 1. The van der Waals surface area contributed by atoms with E-state index in [9.17, 15) is 9.90 Å². The molecule has 2 aromatic heterocycles. The molecule has 4 atom stereocenters. The number of hydrogen-bond acceptors (Lipinski definition) is 9. The normalized spacial score (nSPS) is 20.0. The number of alkyl halides is 3. The van der Waals surface area contributed by atoms with E-state index in [0.29, 0.717) is 36.7 Å². The first-order valence-electron chi connectivity index (χ1n) is 18.0. The molecule has 3 aliphatic heterocycles. The average Bonchev–Trinajstić information content (AvgIpc) is 3.43. The van der Waals surface area contributed by atoms with Crippen molar-refractivity contribution in [3.63, 3.8) is 0 Å². The van der Waals surface area contributed by atoms with Crippen LogP contribution in [0.3, 0.4) is 0 Å². The predicted molar refractivity (Wildman–Crippen MR) is 201 cm³/mol. The number of ether oxygens (including phenoxy) is 3. The van der Waals surface area contributed by atoms with Crippen molar-refractivity contribution in [3.8, 4) is 28.6 Å². The van der Waals surface area contributed by atoms with E-state index in [4.69, 9.17) is 25.8 Å². The highest BCUT2D eigenvalue weighted by atomic mass is 35.5. The molecule has 3 aromatic carbocycles. The largest absolute Gasteiger partial charge is 0.497 e. The van der Waals surface area contributed by atoms with E-state index in [1.807, 2.05) is 4.90 Å². The molecule has 1 N–H and O–H groups in total. The Labute approximate surface area is 324 Å². The molecule has 16 heteroatoms. The second-order valence-corrected chi connectivity index (χ2v) is 14.7. The lowest BCUT2D eigenvalue weighted by atomic mass is 9.95. The third kappa shape index (κ3) is 6.31. The van der Waals surface area contributed by atoms with Gasteiger partial charge in [0.1, 0.15) is 40.7 Å². The van der Waals surface area contributed by atoms with Crippen LogP contribution in [0.5, 0.6) is 17.4 Å². The van der Waals surface area contributed by atoms with Crippen LogP contribution in [-0.4, -0.2) is 76.0 Å². The molecule has 1 amide bonds. The van der Waals surface area contributed by atoms with Crippen LogP contribution in [0.4, 0.5) is 33.9 Å². The number of hydrogen-bond donors (Lipinski definition) is 1. The molecule has 4 unspecified atom stereocenters. The van der Waals surface area contributed by atoms with Gasteiger partial charge in [0.25, 0.3) is 0 Å². The second-order valence-electron chi connectivity index (χ2n) is 14.3. The predicted octanol–water partition coefficient (Wildman–Crippen LogP) is 8.52. The lowest BCUT2D eigenvalue weighted by Gasteiger charge is -2.47. The maximum atomic E-state index is 17.5. The number of carboxylic acid groups (broad SMARTS) is 1. The number of piperazine rings is 1. The van der Waals surface area contributed by atoms with Gasteiger partial charge in [-0.1, -0.05) is 35.9 Å². The SMILES string of the molecule is COc1ccc(CN(Cc2ccc(OC)cc2)c2cc(C)c(C(F)(F)F)c(-c3nc4c5c(ncnc5c3Cl)N3CC5CCC(C3C(C)O4)N5C(=O)O)c2F)cc1. The molecule has 0 saturated carbocycles. The molecule has 5 heterocycles. The molecular weight excluding hydrogens is 756 g/mol. The van der Waals surface area contributed by atoms with Crippen LogP contribution in [0.2, 0.25) is 5.02 Å². The number of amides is 1. The Hall–Kier alpha value is -5.57. The molecule has 2 fully saturated rings. The Bertz CT molecular complexity index is 2280. The maximum Gasteiger partial charge on any atom is 0.417 e. The summed E-state index contributed by atoms with van der Waals surface area (Å²) in [6.07, 6.45) is -4.28. The van der Waals surface area contributed by atoms with Crippen LogP contribution >= 0.6 is 11.6 Å². The highest BCUT2D eigenvalue weighted by molar-refractivity contribution is 6.38. The minimum absolute atomic E-state index is 0.0291. The molecule has 56 heavy (non-hydrogen) atoms. The number of nitrogens with zero attached hydrogens (tertiary/aromatic N) is 6. The molecule has 292 valence electrons. The minimum atomic E-state index is -5.02. The highest BCUT2D eigenvalue weighted by Crippen LogP contribution is 2.50. The van der Waals surface area contributed by atoms with Gasteiger partial charge in [0.2, 0.25) is 5.88 Å². The van der Waals surface area contributed by atoms with E-state index in [-0.39, 0.29) is 52.2 Å². The van der Waals surface area contributed by atoms with Crippen LogP contribution in [0.15, 0.2) is 60.9 Å². The molecule has 8 rings (SSSR count). The zero-order valence-electron chi connectivity index (χ0n) is 30.8. The average molecular weight is 793 g/mol. The number of aryl methyl sites for hydroxylation is 1. The van der Waals surface area contributed by atoms with Crippen molar-refractivity contribution in [2.75, 3.05) is 30.6 Å². The maximum absolute atomic E-state index is 17.5. The Morgan fingerprint density at radius 3 is 2.21 bits per heavy atom. The van der Waals surface area contributed by atoms with Crippen LogP contribution in [0, 0.1) is 12.7 Å². The number of aromatic nitrogens is 3. The summed E-state index contributed by atoms with van der Waals surface area (Å²) in [5.74, 6) is 0.274. The fourth-order valence-corrected chi connectivity index (χ4v) is 8.85. The van der Waals surface area contributed by atoms with E-state index >= 15 is 17.6 Å². The van der Waals surface area contributed by atoms with Gasteiger partial charge in [-0.2, -0.15) is 13.2 Å². The van der Waals surface area contributed by atoms with E-state index in [1.54, 1.807) is 60.4 Å². The van der Waals surface area contributed by atoms with Crippen molar-refractivity contribution >= 4 is 40.1 Å². The van der Waals surface area contributed by atoms with Crippen molar-refractivity contribution in [1.82, 2.24) is 19.9 Å². The van der Waals surface area contributed by atoms with Gasteiger partial charge < -0.3 is 29.1 Å². The van der Waals surface area contributed by atoms with Crippen molar-refractivity contribution in [2.45, 2.75) is 70.2 Å². The standard InChI is InChI=1S/C40H37ClF4N6O5/c1-20-15-28(49(16-22-5-10-25(54-3)11-6-22)17-23-7-12-26(55-4)13-8-23)33(42)29(31(20)40(43,44)45)35-32(41)34-30-37(47-19-46-34)50-18-24-9-14-27(51(24)39(52)53)36(50)21(2)56-38(30)48-35/h5-8,10-13,15,19,21,24,27,36H,9,14,16-18H2,1-4H3,(H,52,53). The number of rotatable bonds is 8. The molecule has 5 aromatic rings.